The zero-order valence-corrected chi connectivity index (χ0v) is 44.0. The van der Waals surface area contributed by atoms with Gasteiger partial charge < -0.3 is 57.0 Å². The molecular weight excluding hydrogens is 1020 g/mol. The van der Waals surface area contributed by atoms with Crippen LogP contribution in [0.4, 0.5) is 4.79 Å². The first-order valence-corrected chi connectivity index (χ1v) is 24.7. The molecule has 5 amide bonds. The SMILES string of the molecule is COc1ccc(COC(=O)N[C@@H](CCCN=C(N)N[N+](=O)[O-])C(=O)N[C@H](C(=O)N[C@H](C(=O)N[C@@H](CCC(=O)OCc2ccccc2)C(=O)N[C@@H](CCCN=C(N)N[N+](=O)[O-])C(=O)OCc2ccccc2)C(C)C)C(C)C)cc1. The number of nitro groups is 2. The quantitative estimate of drug-likeness (QED) is 0.00814. The van der Waals surface area contributed by atoms with E-state index in [9.17, 15) is 53.8 Å². The van der Waals surface area contributed by atoms with E-state index in [0.29, 0.717) is 22.4 Å². The monoisotopic (exact) mass is 1090 g/mol. The highest BCUT2D eigenvalue weighted by Gasteiger charge is 2.35. The molecule has 78 heavy (non-hydrogen) atoms. The Morgan fingerprint density at radius 3 is 1.46 bits per heavy atom. The molecule has 0 aliphatic carbocycles. The van der Waals surface area contributed by atoms with Crippen LogP contribution in [-0.2, 0) is 62.8 Å². The second-order valence-corrected chi connectivity index (χ2v) is 18.0. The molecule has 0 saturated heterocycles. The molecule has 0 heterocycles. The zero-order chi connectivity index (χ0) is 57.6. The van der Waals surface area contributed by atoms with Gasteiger partial charge in [-0.05, 0) is 72.8 Å². The molecule has 0 aliphatic rings. The van der Waals surface area contributed by atoms with Crippen LogP contribution in [0.25, 0.3) is 0 Å². The molecule has 424 valence electrons. The standard InChI is InChI=1S/C50H69N13O15/c1-31(2)41(59-46(68)42(32(3)4)58-44(66)37(18-12-26-53-48(51)60-62(71)72)57-50(70)78-30-35-20-22-36(75-5)23-21-35)45(67)55-38(24-25-40(64)76-28-33-14-8-6-9-15-33)43(65)56-39(19-13-27-54-49(52)61-63(73)74)47(69)77-29-34-16-10-7-11-17-34/h6-11,14-17,20-23,31-32,37-39,41-42H,12-13,18-19,24-30H2,1-5H3,(H,55,67)(H,56,65)(H,57,70)(H,58,66)(H,59,68)(H3,51,53,60)(H3,52,54,61)/t37-,38-,39-,41-,42-/m0/s1. The van der Waals surface area contributed by atoms with Crippen LogP contribution in [0.2, 0.25) is 0 Å². The predicted molar refractivity (Wildman–Crippen MR) is 281 cm³/mol. The number of nitrogens with two attached hydrogens (primary N) is 2. The largest absolute Gasteiger partial charge is 0.497 e. The molecule has 0 fully saturated rings. The number of nitrogens with one attached hydrogen (secondary N) is 7. The van der Waals surface area contributed by atoms with Crippen LogP contribution in [0.5, 0.6) is 5.75 Å². The van der Waals surface area contributed by atoms with Crippen molar-refractivity contribution in [2.45, 2.75) is 116 Å². The Balaban J connectivity index is 1.86. The third-order valence-corrected chi connectivity index (χ3v) is 11.2. The number of ether oxygens (including phenoxy) is 4. The Bertz CT molecular complexity index is 2520. The van der Waals surface area contributed by atoms with Crippen molar-refractivity contribution in [2.24, 2.45) is 33.3 Å². The van der Waals surface area contributed by atoms with E-state index in [0.717, 1.165) is 0 Å². The van der Waals surface area contributed by atoms with Crippen LogP contribution in [0.1, 0.15) is 82.9 Å². The van der Waals surface area contributed by atoms with Gasteiger partial charge in [0, 0.05) is 19.5 Å². The number of nitrogens with zero attached hydrogens (tertiary/aromatic N) is 4. The minimum Gasteiger partial charge on any atom is -0.497 e. The molecule has 0 bridgehead atoms. The zero-order valence-electron chi connectivity index (χ0n) is 44.0. The van der Waals surface area contributed by atoms with Crippen molar-refractivity contribution in [2.75, 3.05) is 20.2 Å². The van der Waals surface area contributed by atoms with E-state index in [1.54, 1.807) is 123 Å². The number of hydrogen-bond acceptors (Lipinski definition) is 17. The van der Waals surface area contributed by atoms with E-state index < -0.39 is 112 Å². The molecule has 0 saturated carbocycles. The van der Waals surface area contributed by atoms with Gasteiger partial charge in [-0.3, -0.25) is 24.0 Å². The van der Waals surface area contributed by atoms with Crippen molar-refractivity contribution in [3.63, 3.8) is 0 Å². The van der Waals surface area contributed by atoms with Gasteiger partial charge in [-0.15, -0.1) is 0 Å². The summed E-state index contributed by atoms with van der Waals surface area (Å²) in [5.74, 6) is -6.81. The maximum Gasteiger partial charge on any atom is 0.408 e. The average Bonchev–Trinajstić information content (AvgIpc) is 3.40. The number of esters is 2. The molecule has 3 aromatic rings. The number of hydrogen-bond donors (Lipinski definition) is 9. The summed E-state index contributed by atoms with van der Waals surface area (Å²) >= 11 is 0. The van der Waals surface area contributed by atoms with Gasteiger partial charge in [-0.1, -0.05) is 111 Å². The topological polar surface area (TPSA) is 404 Å². The molecule has 0 aromatic heterocycles. The number of carbonyl (C=O) groups is 7. The first-order valence-electron chi connectivity index (χ1n) is 24.7. The summed E-state index contributed by atoms with van der Waals surface area (Å²) in [5.41, 5.74) is 16.4. The van der Waals surface area contributed by atoms with Gasteiger partial charge in [0.1, 0.15) is 55.8 Å². The van der Waals surface area contributed by atoms with Crippen LogP contribution < -0.4 is 53.6 Å². The van der Waals surface area contributed by atoms with E-state index in [-0.39, 0.29) is 65.0 Å². The lowest BCUT2D eigenvalue weighted by Crippen LogP contribution is -2.61. The number of methoxy groups -OCH3 is 1. The number of guanidine groups is 2. The van der Waals surface area contributed by atoms with Crippen LogP contribution in [-0.4, -0.2) is 114 Å². The van der Waals surface area contributed by atoms with Crippen molar-refractivity contribution >= 4 is 53.6 Å². The highest BCUT2D eigenvalue weighted by Crippen LogP contribution is 2.15. The summed E-state index contributed by atoms with van der Waals surface area (Å²) in [6.07, 6.45) is -1.85. The number of carbonyl (C=O) groups excluding carboxylic acids is 7. The van der Waals surface area contributed by atoms with Crippen molar-refractivity contribution in [3.8, 4) is 5.75 Å². The number of hydrazine groups is 2. The smallest absolute Gasteiger partial charge is 0.408 e. The second-order valence-electron chi connectivity index (χ2n) is 18.0. The predicted octanol–water partition coefficient (Wildman–Crippen LogP) is 1.56. The van der Waals surface area contributed by atoms with E-state index in [1.165, 1.54) is 7.11 Å². The van der Waals surface area contributed by atoms with E-state index in [1.807, 2.05) is 0 Å². The maximum atomic E-state index is 14.3. The van der Waals surface area contributed by atoms with Gasteiger partial charge in [0.15, 0.2) is 10.1 Å². The second kappa shape index (κ2) is 33.7. The number of amides is 5. The van der Waals surface area contributed by atoms with Crippen molar-refractivity contribution in [3.05, 3.63) is 122 Å². The van der Waals surface area contributed by atoms with E-state index in [2.05, 4.69) is 36.6 Å². The Hall–Kier alpha value is -9.11. The maximum absolute atomic E-state index is 14.3. The van der Waals surface area contributed by atoms with E-state index >= 15 is 0 Å². The van der Waals surface area contributed by atoms with Crippen molar-refractivity contribution in [1.29, 1.82) is 0 Å². The molecule has 3 rings (SSSR count). The average molecular weight is 1090 g/mol. The lowest BCUT2D eigenvalue weighted by molar-refractivity contribution is -0.525. The van der Waals surface area contributed by atoms with Gasteiger partial charge in [0.2, 0.25) is 23.6 Å². The highest BCUT2D eigenvalue weighted by atomic mass is 16.7. The third kappa shape index (κ3) is 24.5. The molecule has 28 heteroatoms. The summed E-state index contributed by atoms with van der Waals surface area (Å²) in [7, 11) is 1.49. The minimum absolute atomic E-state index is 0.0577. The summed E-state index contributed by atoms with van der Waals surface area (Å²) in [5, 5.41) is 32.7. The Kier molecular flexibility index (Phi) is 27.3. The van der Waals surface area contributed by atoms with Crippen molar-refractivity contribution < 1.29 is 62.6 Å². The summed E-state index contributed by atoms with van der Waals surface area (Å²) in [6.45, 7) is 5.77. The van der Waals surface area contributed by atoms with Crippen LogP contribution in [0.3, 0.4) is 0 Å². The Morgan fingerprint density at radius 2 is 0.962 bits per heavy atom. The van der Waals surface area contributed by atoms with Gasteiger partial charge in [-0.2, -0.15) is 0 Å². The summed E-state index contributed by atoms with van der Waals surface area (Å²) < 4.78 is 21.5. The lowest BCUT2D eigenvalue weighted by atomic mass is 9.98. The number of benzene rings is 3. The summed E-state index contributed by atoms with van der Waals surface area (Å²) in [4.78, 5) is 126. The number of aliphatic imine (C=N–C) groups is 2. The minimum atomic E-state index is -1.53. The summed E-state index contributed by atoms with van der Waals surface area (Å²) in [6, 6.07) is 17.1. The lowest BCUT2D eigenvalue weighted by Gasteiger charge is -2.29. The molecule has 0 aliphatic heterocycles. The molecule has 0 spiro atoms. The first kappa shape index (κ1) is 63.2. The Morgan fingerprint density at radius 1 is 0.538 bits per heavy atom. The van der Waals surface area contributed by atoms with Crippen LogP contribution in [0, 0.1) is 32.1 Å². The molecule has 11 N–H and O–H groups in total. The molecule has 3 aromatic carbocycles. The first-order chi connectivity index (χ1) is 37.1. The van der Waals surface area contributed by atoms with Gasteiger partial charge in [-0.25, -0.2) is 39.8 Å². The fraction of sp³-hybridized carbons (Fsp3) is 0.460. The van der Waals surface area contributed by atoms with Gasteiger partial charge in [0.25, 0.3) is 11.9 Å². The van der Waals surface area contributed by atoms with E-state index in [4.69, 9.17) is 30.4 Å². The Labute approximate surface area is 449 Å². The fourth-order valence-corrected chi connectivity index (χ4v) is 7.09. The van der Waals surface area contributed by atoms with Gasteiger partial charge in [0.05, 0.1) is 7.11 Å². The molecular formula is C50H69N13O15. The van der Waals surface area contributed by atoms with Gasteiger partial charge >= 0.3 is 18.0 Å². The van der Waals surface area contributed by atoms with Crippen molar-refractivity contribution in [1.82, 2.24) is 37.4 Å². The van der Waals surface area contributed by atoms with Crippen LogP contribution in [0.15, 0.2) is 94.9 Å². The number of rotatable bonds is 32. The third-order valence-electron chi connectivity index (χ3n) is 11.2. The fourth-order valence-electron chi connectivity index (χ4n) is 7.09. The normalized spacial score (nSPS) is 13.3. The molecule has 28 nitrogen and oxygen atoms in total. The molecule has 0 radical (unpaired) electrons. The molecule has 5 atom stereocenters. The number of alkyl carbamates (subject to hydrolysis) is 1. The van der Waals surface area contributed by atoms with Crippen LogP contribution >= 0.6 is 0 Å². The molecule has 0 unspecified atom stereocenters. The highest BCUT2D eigenvalue weighted by molar-refractivity contribution is 5.96.